The molecule has 0 aliphatic heterocycles. The lowest BCUT2D eigenvalue weighted by molar-refractivity contribution is 0.307. The van der Waals surface area contributed by atoms with Gasteiger partial charge in [-0.3, -0.25) is 4.98 Å². The Morgan fingerprint density at radius 3 is 2.56 bits per heavy atom. The Labute approximate surface area is 107 Å². The summed E-state index contributed by atoms with van der Waals surface area (Å²) in [5.74, 6) is 0. The van der Waals surface area contributed by atoms with Gasteiger partial charge in [0.2, 0.25) is 0 Å². The molecule has 0 fully saturated rings. The van der Waals surface area contributed by atoms with Crippen LogP contribution in [-0.4, -0.2) is 21.1 Å². The summed E-state index contributed by atoms with van der Waals surface area (Å²) in [7, 11) is 0. The number of H-pyrrole nitrogens is 1. The second kappa shape index (κ2) is 5.05. The average Bonchev–Trinajstić information content (AvgIpc) is 2.31. The summed E-state index contributed by atoms with van der Waals surface area (Å²) >= 11 is 5.74. The van der Waals surface area contributed by atoms with Crippen molar-refractivity contribution in [2.24, 2.45) is 0 Å². The van der Waals surface area contributed by atoms with Crippen LogP contribution in [0.1, 0.15) is 6.92 Å². The topological polar surface area (TPSA) is 77.0 Å². The number of hydrogen-bond acceptors (Lipinski definition) is 4. The zero-order valence-corrected chi connectivity index (χ0v) is 10.3. The van der Waals surface area contributed by atoms with Gasteiger partial charge in [0.05, 0.1) is 12.3 Å². The molecule has 0 atom stereocenters. The molecular weight excluding hydrogens is 258 g/mol. The van der Waals surface area contributed by atoms with Gasteiger partial charge in [0.15, 0.2) is 0 Å². The summed E-state index contributed by atoms with van der Waals surface area (Å²) in [5.41, 5.74) is -0.925. The van der Waals surface area contributed by atoms with E-state index >= 15 is 0 Å². The minimum atomic E-state index is -0.704. The number of halogens is 1. The van der Waals surface area contributed by atoms with Crippen LogP contribution in [-0.2, 0) is 0 Å². The number of benzene rings is 1. The number of aromatic nitrogens is 3. The molecule has 2 rings (SSSR count). The fourth-order valence-corrected chi connectivity index (χ4v) is 1.55. The molecule has 1 N–H and O–H groups in total. The maximum atomic E-state index is 11.8. The first-order chi connectivity index (χ1) is 8.61. The molecule has 0 aliphatic carbocycles. The summed E-state index contributed by atoms with van der Waals surface area (Å²) in [4.78, 5) is 29.5. The third kappa shape index (κ3) is 2.43. The van der Waals surface area contributed by atoms with Crippen molar-refractivity contribution in [3.8, 4) is 11.7 Å². The highest BCUT2D eigenvalue weighted by atomic mass is 35.5. The molecule has 7 heteroatoms. The van der Waals surface area contributed by atoms with E-state index in [0.717, 1.165) is 4.57 Å². The number of nitrogens with one attached hydrogen (secondary N) is 1. The van der Waals surface area contributed by atoms with Gasteiger partial charge in [-0.1, -0.05) is 11.6 Å². The van der Waals surface area contributed by atoms with E-state index < -0.39 is 11.4 Å². The number of nitrogens with zero attached hydrogens (tertiary/aromatic N) is 2. The third-order valence-corrected chi connectivity index (χ3v) is 2.42. The molecule has 2 aromatic rings. The van der Waals surface area contributed by atoms with Crippen molar-refractivity contribution in [3.63, 3.8) is 0 Å². The van der Waals surface area contributed by atoms with Crippen LogP contribution in [0.25, 0.3) is 5.69 Å². The lowest BCUT2D eigenvalue weighted by Gasteiger charge is -2.05. The average molecular weight is 268 g/mol. The lowest BCUT2D eigenvalue weighted by atomic mass is 10.3. The Morgan fingerprint density at radius 2 is 2.00 bits per heavy atom. The van der Waals surface area contributed by atoms with Gasteiger partial charge in [-0.05, 0) is 31.2 Å². The van der Waals surface area contributed by atoms with E-state index in [1.165, 1.54) is 0 Å². The normalized spacial score (nSPS) is 10.3. The summed E-state index contributed by atoms with van der Waals surface area (Å²) < 4.78 is 5.88. The number of hydrogen-bond donors (Lipinski definition) is 1. The van der Waals surface area contributed by atoms with Crippen molar-refractivity contribution in [3.05, 3.63) is 50.3 Å². The van der Waals surface area contributed by atoms with Crippen LogP contribution in [0.5, 0.6) is 6.01 Å². The van der Waals surface area contributed by atoms with E-state index in [9.17, 15) is 9.59 Å². The van der Waals surface area contributed by atoms with Crippen LogP contribution < -0.4 is 16.1 Å². The van der Waals surface area contributed by atoms with Gasteiger partial charge in [0.1, 0.15) is 0 Å². The molecule has 0 saturated heterocycles. The molecular formula is C11H10ClN3O3. The molecule has 0 bridgehead atoms. The minimum Gasteiger partial charge on any atom is -0.465 e. The van der Waals surface area contributed by atoms with Gasteiger partial charge < -0.3 is 4.74 Å². The molecule has 1 aromatic heterocycles. The van der Waals surface area contributed by atoms with Gasteiger partial charge in [-0.2, -0.15) is 0 Å². The van der Waals surface area contributed by atoms with Crippen LogP contribution in [0, 0.1) is 0 Å². The second-order valence-electron chi connectivity index (χ2n) is 3.37. The fraction of sp³-hybridized carbons (Fsp3) is 0.182. The van der Waals surface area contributed by atoms with Crippen LogP contribution >= 0.6 is 11.6 Å². The highest BCUT2D eigenvalue weighted by Gasteiger charge is 2.08. The first-order valence-electron chi connectivity index (χ1n) is 5.24. The van der Waals surface area contributed by atoms with E-state index in [-0.39, 0.29) is 6.01 Å². The van der Waals surface area contributed by atoms with Crippen molar-refractivity contribution < 1.29 is 4.74 Å². The van der Waals surface area contributed by atoms with Gasteiger partial charge in [-0.25, -0.2) is 14.2 Å². The van der Waals surface area contributed by atoms with Crippen LogP contribution in [0.2, 0.25) is 5.02 Å². The first kappa shape index (κ1) is 12.4. The van der Waals surface area contributed by atoms with Crippen LogP contribution in [0.4, 0.5) is 0 Å². The molecule has 1 heterocycles. The van der Waals surface area contributed by atoms with Gasteiger partial charge >= 0.3 is 17.4 Å². The van der Waals surface area contributed by atoms with Crippen LogP contribution in [0.3, 0.4) is 0 Å². The zero-order chi connectivity index (χ0) is 13.1. The Bertz CT molecular complexity index is 629. The van der Waals surface area contributed by atoms with E-state index in [1.54, 1.807) is 31.2 Å². The second-order valence-corrected chi connectivity index (χ2v) is 3.81. The maximum absolute atomic E-state index is 11.8. The Kier molecular flexibility index (Phi) is 3.47. The highest BCUT2D eigenvalue weighted by molar-refractivity contribution is 6.30. The standard InChI is InChI=1S/C11H10ClN3O3/c1-2-18-9-13-10(16)15(11(17)14-9)8-5-3-7(12)4-6-8/h3-6H,2H2,1H3,(H,13,14,16,17). The van der Waals surface area contributed by atoms with Crippen LogP contribution in [0.15, 0.2) is 33.9 Å². The van der Waals surface area contributed by atoms with Crippen molar-refractivity contribution in [1.29, 1.82) is 0 Å². The summed E-state index contributed by atoms with van der Waals surface area (Å²) in [6.07, 6.45) is 0. The zero-order valence-electron chi connectivity index (χ0n) is 9.51. The number of aromatic amines is 1. The quantitative estimate of drug-likeness (QED) is 0.899. The maximum Gasteiger partial charge on any atom is 0.360 e. The molecule has 0 spiro atoms. The smallest absolute Gasteiger partial charge is 0.360 e. The minimum absolute atomic E-state index is 0.0855. The van der Waals surface area contributed by atoms with Crippen molar-refractivity contribution in [1.82, 2.24) is 14.5 Å². The molecule has 0 saturated carbocycles. The predicted molar refractivity (Wildman–Crippen MR) is 66.6 cm³/mol. The molecule has 0 aliphatic rings. The highest BCUT2D eigenvalue weighted by Crippen LogP contribution is 2.10. The van der Waals surface area contributed by atoms with E-state index in [1.807, 2.05) is 0 Å². The molecule has 18 heavy (non-hydrogen) atoms. The van der Waals surface area contributed by atoms with E-state index in [0.29, 0.717) is 17.3 Å². The molecule has 0 amide bonds. The molecule has 94 valence electrons. The van der Waals surface area contributed by atoms with Crippen molar-refractivity contribution in [2.45, 2.75) is 6.92 Å². The monoisotopic (exact) mass is 267 g/mol. The lowest BCUT2D eigenvalue weighted by Crippen LogP contribution is -2.35. The third-order valence-electron chi connectivity index (χ3n) is 2.17. The molecule has 6 nitrogen and oxygen atoms in total. The van der Waals surface area contributed by atoms with Crippen molar-refractivity contribution in [2.75, 3.05) is 6.61 Å². The predicted octanol–water partition coefficient (Wildman–Crippen LogP) is 0.973. The summed E-state index contributed by atoms with van der Waals surface area (Å²) in [6, 6.07) is 6.19. The van der Waals surface area contributed by atoms with E-state index in [4.69, 9.17) is 16.3 Å². The molecule has 0 radical (unpaired) electrons. The molecule has 0 unspecified atom stereocenters. The first-order valence-corrected chi connectivity index (χ1v) is 5.61. The number of rotatable bonds is 3. The fourth-order valence-electron chi connectivity index (χ4n) is 1.42. The summed E-state index contributed by atoms with van der Waals surface area (Å²) in [6.45, 7) is 2.04. The Balaban J connectivity index is 2.55. The Hall–Kier alpha value is -2.08. The largest absolute Gasteiger partial charge is 0.465 e. The molecule has 1 aromatic carbocycles. The number of ether oxygens (including phenoxy) is 1. The van der Waals surface area contributed by atoms with Gasteiger partial charge in [-0.15, -0.1) is 4.98 Å². The van der Waals surface area contributed by atoms with Gasteiger partial charge in [0.25, 0.3) is 0 Å². The van der Waals surface area contributed by atoms with Gasteiger partial charge in [0, 0.05) is 5.02 Å². The summed E-state index contributed by atoms with van der Waals surface area (Å²) in [5, 5.41) is 0.516. The SMILES string of the molecule is CCOc1nc(=O)n(-c2ccc(Cl)cc2)c(=O)[nH]1. The van der Waals surface area contributed by atoms with E-state index in [2.05, 4.69) is 9.97 Å². The van der Waals surface area contributed by atoms with Crippen molar-refractivity contribution >= 4 is 11.6 Å². The Morgan fingerprint density at radius 1 is 1.33 bits per heavy atom.